The van der Waals surface area contributed by atoms with Gasteiger partial charge in [0.05, 0.1) is 29.7 Å². The molecule has 0 aliphatic carbocycles. The van der Waals surface area contributed by atoms with Gasteiger partial charge in [0, 0.05) is 29.4 Å². The molecule has 0 saturated heterocycles. The van der Waals surface area contributed by atoms with Crippen LogP contribution in [0, 0.1) is 0 Å². The molecule has 0 bridgehead atoms. The lowest BCUT2D eigenvalue weighted by molar-refractivity contribution is 0.0951. The number of amides is 1. The van der Waals surface area contributed by atoms with E-state index in [2.05, 4.69) is 10.3 Å². The summed E-state index contributed by atoms with van der Waals surface area (Å²) >= 11 is 6.18. The number of nitrogens with one attached hydrogen (secondary N) is 1. The van der Waals surface area contributed by atoms with Crippen molar-refractivity contribution in [3.8, 4) is 0 Å². The number of carbonyl (C=O) groups is 1. The monoisotopic (exact) mass is 577 g/mol. The Morgan fingerprint density at radius 3 is 2.36 bits per heavy atom. The number of rotatable bonds is 7. The molecule has 0 aliphatic rings. The summed E-state index contributed by atoms with van der Waals surface area (Å²) in [5.74, 6) is -0.273. The molecule has 0 atom stereocenters. The van der Waals surface area contributed by atoms with E-state index in [0.717, 1.165) is 10.1 Å². The summed E-state index contributed by atoms with van der Waals surface area (Å²) in [4.78, 5) is 57.0. The standard InChI is InChI=1S/C32H24ClN5O4/c33-26-9-3-1-7-23(26)18-34-30(40)22-14-12-21(13-15-22)19-38-31(41)25-8-2-4-10-27(25)37(32(38)42)20-24-17-29(39)36-16-6-5-11-28(36)35-24/h1-17H,18-20H2,(H,34,40). The maximum Gasteiger partial charge on any atom is 0.332 e. The van der Waals surface area contributed by atoms with Crippen molar-refractivity contribution in [3.63, 3.8) is 0 Å². The van der Waals surface area contributed by atoms with E-state index in [-0.39, 0.29) is 31.1 Å². The summed E-state index contributed by atoms with van der Waals surface area (Å²) < 4.78 is 4.03. The molecular weight excluding hydrogens is 554 g/mol. The van der Waals surface area contributed by atoms with Gasteiger partial charge in [0.1, 0.15) is 5.65 Å². The second-order valence-electron chi connectivity index (χ2n) is 9.76. The summed E-state index contributed by atoms with van der Waals surface area (Å²) in [6.45, 7) is 0.285. The number of benzene rings is 3. The first-order valence-corrected chi connectivity index (χ1v) is 13.6. The number of hydrogen-bond acceptors (Lipinski definition) is 5. The highest BCUT2D eigenvalue weighted by atomic mass is 35.5. The third kappa shape index (κ3) is 5.25. The number of carbonyl (C=O) groups excluding carboxylic acids is 1. The van der Waals surface area contributed by atoms with E-state index >= 15 is 0 Å². The number of para-hydroxylation sites is 1. The van der Waals surface area contributed by atoms with E-state index in [1.54, 1.807) is 79.0 Å². The molecular formula is C32H24ClN5O4. The maximum absolute atomic E-state index is 13.7. The summed E-state index contributed by atoms with van der Waals surface area (Å²) in [5.41, 5.74) is 1.98. The first-order valence-electron chi connectivity index (χ1n) is 13.2. The number of halogens is 1. The normalized spacial score (nSPS) is 11.2. The molecule has 3 heterocycles. The van der Waals surface area contributed by atoms with Crippen LogP contribution in [0.15, 0.2) is 118 Å². The van der Waals surface area contributed by atoms with Gasteiger partial charge in [-0.1, -0.05) is 60.1 Å². The van der Waals surface area contributed by atoms with Gasteiger partial charge in [-0.2, -0.15) is 0 Å². The van der Waals surface area contributed by atoms with Crippen molar-refractivity contribution in [2.45, 2.75) is 19.6 Å². The molecule has 0 spiro atoms. The lowest BCUT2D eigenvalue weighted by atomic mass is 10.1. The molecule has 9 nitrogen and oxygen atoms in total. The van der Waals surface area contributed by atoms with E-state index in [1.165, 1.54) is 15.0 Å². The fourth-order valence-electron chi connectivity index (χ4n) is 4.87. The van der Waals surface area contributed by atoms with Crippen LogP contribution >= 0.6 is 11.6 Å². The average molecular weight is 578 g/mol. The third-order valence-electron chi connectivity index (χ3n) is 7.03. The van der Waals surface area contributed by atoms with Gasteiger partial charge < -0.3 is 5.32 Å². The van der Waals surface area contributed by atoms with Gasteiger partial charge in [0.2, 0.25) is 0 Å². The molecule has 6 aromatic rings. The molecule has 0 saturated carbocycles. The zero-order valence-corrected chi connectivity index (χ0v) is 23.0. The van der Waals surface area contributed by atoms with Crippen molar-refractivity contribution < 1.29 is 4.79 Å². The highest BCUT2D eigenvalue weighted by molar-refractivity contribution is 6.31. The van der Waals surface area contributed by atoms with Crippen LogP contribution in [0.1, 0.15) is 27.2 Å². The Morgan fingerprint density at radius 1 is 0.810 bits per heavy atom. The van der Waals surface area contributed by atoms with Crippen molar-refractivity contribution in [2.75, 3.05) is 0 Å². The quantitative estimate of drug-likeness (QED) is 0.310. The van der Waals surface area contributed by atoms with Crippen LogP contribution in [0.25, 0.3) is 16.6 Å². The van der Waals surface area contributed by atoms with Crippen molar-refractivity contribution in [3.05, 3.63) is 162 Å². The topological polar surface area (TPSA) is 107 Å². The van der Waals surface area contributed by atoms with E-state index < -0.39 is 11.2 Å². The first kappa shape index (κ1) is 26.9. The molecule has 42 heavy (non-hydrogen) atoms. The molecule has 0 aliphatic heterocycles. The molecule has 1 amide bonds. The third-order valence-corrected chi connectivity index (χ3v) is 7.40. The van der Waals surface area contributed by atoms with Gasteiger partial charge in [-0.25, -0.2) is 9.78 Å². The van der Waals surface area contributed by atoms with Gasteiger partial charge >= 0.3 is 5.69 Å². The lowest BCUT2D eigenvalue weighted by Crippen LogP contribution is -2.40. The highest BCUT2D eigenvalue weighted by Gasteiger charge is 2.15. The van der Waals surface area contributed by atoms with Crippen LogP contribution in [0.3, 0.4) is 0 Å². The van der Waals surface area contributed by atoms with Crippen molar-refractivity contribution in [1.82, 2.24) is 23.8 Å². The predicted molar refractivity (Wildman–Crippen MR) is 161 cm³/mol. The van der Waals surface area contributed by atoms with E-state index in [9.17, 15) is 19.2 Å². The number of hydrogen-bond donors (Lipinski definition) is 1. The lowest BCUT2D eigenvalue weighted by Gasteiger charge is -2.14. The highest BCUT2D eigenvalue weighted by Crippen LogP contribution is 2.15. The summed E-state index contributed by atoms with van der Waals surface area (Å²) in [5, 5.41) is 3.79. The molecule has 0 fully saturated rings. The van der Waals surface area contributed by atoms with Crippen LogP contribution in [0.5, 0.6) is 0 Å². The van der Waals surface area contributed by atoms with Crippen LogP contribution in [-0.2, 0) is 19.6 Å². The fourth-order valence-corrected chi connectivity index (χ4v) is 5.08. The van der Waals surface area contributed by atoms with Crippen LogP contribution in [0.2, 0.25) is 5.02 Å². The van der Waals surface area contributed by atoms with Crippen molar-refractivity contribution >= 4 is 34.1 Å². The Bertz CT molecular complexity index is 2150. The zero-order chi connectivity index (χ0) is 29.2. The van der Waals surface area contributed by atoms with Gasteiger partial charge in [0.25, 0.3) is 17.0 Å². The average Bonchev–Trinajstić information content (AvgIpc) is 3.01. The Hall–Kier alpha value is -5.28. The summed E-state index contributed by atoms with van der Waals surface area (Å²) in [6.07, 6.45) is 1.63. The smallest absolute Gasteiger partial charge is 0.332 e. The first-order chi connectivity index (χ1) is 20.4. The molecule has 10 heteroatoms. The molecule has 0 unspecified atom stereocenters. The van der Waals surface area contributed by atoms with Gasteiger partial charge in [-0.15, -0.1) is 0 Å². The molecule has 1 N–H and O–H groups in total. The second kappa shape index (κ2) is 11.3. The second-order valence-corrected chi connectivity index (χ2v) is 10.2. The number of pyridine rings is 1. The Labute approximate surface area is 243 Å². The Morgan fingerprint density at radius 2 is 1.55 bits per heavy atom. The van der Waals surface area contributed by atoms with E-state index in [0.29, 0.717) is 38.4 Å². The molecule has 208 valence electrons. The molecule has 6 rings (SSSR count). The number of nitrogens with zero attached hydrogens (tertiary/aromatic N) is 4. The minimum absolute atomic E-state index is 0.00215. The van der Waals surface area contributed by atoms with Gasteiger partial charge in [0.15, 0.2) is 0 Å². The maximum atomic E-state index is 13.7. The van der Waals surface area contributed by atoms with Crippen molar-refractivity contribution in [2.24, 2.45) is 0 Å². The predicted octanol–water partition coefficient (Wildman–Crippen LogP) is 3.85. The molecule has 3 aromatic carbocycles. The summed E-state index contributed by atoms with van der Waals surface area (Å²) in [6, 6.07) is 27.5. The molecule has 0 radical (unpaired) electrons. The largest absolute Gasteiger partial charge is 0.348 e. The molecule has 3 aromatic heterocycles. The van der Waals surface area contributed by atoms with Crippen molar-refractivity contribution in [1.29, 1.82) is 0 Å². The van der Waals surface area contributed by atoms with E-state index in [1.807, 2.05) is 18.2 Å². The van der Waals surface area contributed by atoms with E-state index in [4.69, 9.17) is 11.6 Å². The summed E-state index contributed by atoms with van der Waals surface area (Å²) in [7, 11) is 0. The van der Waals surface area contributed by atoms with Crippen LogP contribution in [0.4, 0.5) is 0 Å². The minimum Gasteiger partial charge on any atom is -0.348 e. The number of aromatic nitrogens is 4. The zero-order valence-electron chi connectivity index (χ0n) is 22.2. The SMILES string of the molecule is O=C(NCc1ccccc1Cl)c1ccc(Cn2c(=O)c3ccccc3n(Cc3cc(=O)n4ccccc4n3)c2=O)cc1. The van der Waals surface area contributed by atoms with Gasteiger partial charge in [-0.05, 0) is 53.6 Å². The number of fused-ring (bicyclic) bond motifs is 2. The fraction of sp³-hybridized carbons (Fsp3) is 0.0938. The minimum atomic E-state index is -0.532. The van der Waals surface area contributed by atoms with Crippen LogP contribution < -0.4 is 22.1 Å². The van der Waals surface area contributed by atoms with Crippen LogP contribution in [-0.4, -0.2) is 24.4 Å². The Kier molecular flexibility index (Phi) is 7.24. The van der Waals surface area contributed by atoms with Gasteiger partial charge in [-0.3, -0.25) is 27.9 Å². The Balaban J connectivity index is 1.30.